The number of anilines is 3. The largest absolute Gasteiger partial charge is 0.353 e. The van der Waals surface area contributed by atoms with Gasteiger partial charge in [0.15, 0.2) is 0 Å². The number of carbonyl (C=O) groups is 1. The van der Waals surface area contributed by atoms with Crippen LogP contribution < -0.4 is 10.2 Å². The van der Waals surface area contributed by atoms with Crippen LogP contribution in [0.4, 0.5) is 17.1 Å². The zero-order valence-corrected chi connectivity index (χ0v) is 11.9. The third kappa shape index (κ3) is 2.15. The standard InChI is InChI=1S/C17H12N4O/c1-21-15-6-5-14(7-13(15)8-16(21)22)20-17-11(9-18)3-2-4-12(17)10-19/h2-7,20H,8H2,1H3. The zero-order chi connectivity index (χ0) is 15.7. The highest BCUT2D eigenvalue weighted by Gasteiger charge is 2.24. The zero-order valence-electron chi connectivity index (χ0n) is 11.9. The number of hydrogen-bond acceptors (Lipinski definition) is 4. The van der Waals surface area contributed by atoms with Gasteiger partial charge in [-0.3, -0.25) is 4.79 Å². The second kappa shape index (κ2) is 5.23. The number of carbonyl (C=O) groups excluding carboxylic acids is 1. The number of nitriles is 2. The molecule has 0 bridgehead atoms. The topological polar surface area (TPSA) is 79.9 Å². The first-order valence-electron chi connectivity index (χ1n) is 6.73. The Kier molecular flexibility index (Phi) is 3.25. The minimum absolute atomic E-state index is 0.0577. The number of amides is 1. The van der Waals surface area contributed by atoms with Gasteiger partial charge in [0.1, 0.15) is 12.1 Å². The fourth-order valence-electron chi connectivity index (χ4n) is 2.57. The summed E-state index contributed by atoms with van der Waals surface area (Å²) in [6.07, 6.45) is 0.367. The second-order valence-electron chi connectivity index (χ2n) is 5.05. The molecular weight excluding hydrogens is 276 g/mol. The summed E-state index contributed by atoms with van der Waals surface area (Å²) in [5, 5.41) is 21.5. The van der Waals surface area contributed by atoms with Gasteiger partial charge in [-0.2, -0.15) is 10.5 Å². The average molecular weight is 288 g/mol. The van der Waals surface area contributed by atoms with Gasteiger partial charge in [0.25, 0.3) is 0 Å². The van der Waals surface area contributed by atoms with E-state index in [1.165, 1.54) is 0 Å². The molecule has 1 aliphatic heterocycles. The lowest BCUT2D eigenvalue weighted by Gasteiger charge is -2.13. The summed E-state index contributed by atoms with van der Waals surface area (Å²) in [5.41, 5.74) is 3.89. The van der Waals surface area contributed by atoms with Crippen molar-refractivity contribution < 1.29 is 4.79 Å². The van der Waals surface area contributed by atoms with E-state index in [1.807, 2.05) is 18.2 Å². The van der Waals surface area contributed by atoms with Crippen LogP contribution in [0, 0.1) is 22.7 Å². The smallest absolute Gasteiger partial charge is 0.231 e. The fourth-order valence-corrected chi connectivity index (χ4v) is 2.57. The third-order valence-corrected chi connectivity index (χ3v) is 3.73. The van der Waals surface area contributed by atoms with Gasteiger partial charge in [-0.1, -0.05) is 6.07 Å². The van der Waals surface area contributed by atoms with Crippen molar-refractivity contribution in [2.75, 3.05) is 17.3 Å². The first-order chi connectivity index (χ1) is 10.6. The Hall–Kier alpha value is -3.31. The minimum Gasteiger partial charge on any atom is -0.353 e. The number of para-hydroxylation sites is 1. The molecule has 0 aliphatic carbocycles. The van der Waals surface area contributed by atoms with Gasteiger partial charge in [-0.25, -0.2) is 0 Å². The molecule has 1 N–H and O–H groups in total. The summed E-state index contributed by atoms with van der Waals surface area (Å²) in [7, 11) is 1.75. The molecule has 0 radical (unpaired) electrons. The van der Waals surface area contributed by atoms with Crippen LogP contribution >= 0.6 is 0 Å². The van der Waals surface area contributed by atoms with E-state index in [0.717, 1.165) is 16.9 Å². The second-order valence-corrected chi connectivity index (χ2v) is 5.05. The van der Waals surface area contributed by atoms with Gasteiger partial charge in [0.2, 0.25) is 5.91 Å². The van der Waals surface area contributed by atoms with Crippen molar-refractivity contribution in [3.8, 4) is 12.1 Å². The number of benzene rings is 2. The van der Waals surface area contributed by atoms with Crippen molar-refractivity contribution in [3.05, 3.63) is 53.1 Å². The maximum absolute atomic E-state index is 11.7. The number of rotatable bonds is 2. The molecule has 2 aromatic carbocycles. The SMILES string of the molecule is CN1C(=O)Cc2cc(Nc3c(C#N)cccc3C#N)ccc21. The maximum atomic E-state index is 11.7. The van der Waals surface area contributed by atoms with Crippen LogP contribution in [0.3, 0.4) is 0 Å². The fraction of sp³-hybridized carbons (Fsp3) is 0.118. The number of fused-ring (bicyclic) bond motifs is 1. The summed E-state index contributed by atoms with van der Waals surface area (Å²) in [6.45, 7) is 0. The highest BCUT2D eigenvalue weighted by Crippen LogP contribution is 2.32. The van der Waals surface area contributed by atoms with Crippen LogP contribution in [0.15, 0.2) is 36.4 Å². The molecule has 1 amide bonds. The molecule has 1 aliphatic rings. The van der Waals surface area contributed by atoms with Crippen molar-refractivity contribution in [1.82, 2.24) is 0 Å². The normalized spacial score (nSPS) is 12.5. The molecule has 1 heterocycles. The predicted molar refractivity (Wildman–Crippen MR) is 82.7 cm³/mol. The lowest BCUT2D eigenvalue weighted by atomic mass is 10.1. The Morgan fingerprint density at radius 1 is 1.14 bits per heavy atom. The van der Waals surface area contributed by atoms with Crippen molar-refractivity contribution in [1.29, 1.82) is 10.5 Å². The van der Waals surface area contributed by atoms with Crippen LogP contribution in [-0.2, 0) is 11.2 Å². The molecule has 0 atom stereocenters. The first-order valence-corrected chi connectivity index (χ1v) is 6.73. The Labute approximate surface area is 128 Å². The number of hydrogen-bond donors (Lipinski definition) is 1. The van der Waals surface area contributed by atoms with Crippen molar-refractivity contribution in [3.63, 3.8) is 0 Å². The lowest BCUT2D eigenvalue weighted by Crippen LogP contribution is -2.20. The summed E-state index contributed by atoms with van der Waals surface area (Å²) in [5.74, 6) is 0.0577. The van der Waals surface area contributed by atoms with Crippen LogP contribution in [0.25, 0.3) is 0 Å². The molecule has 0 saturated heterocycles. The van der Waals surface area contributed by atoms with Crippen LogP contribution in [0.5, 0.6) is 0 Å². The van der Waals surface area contributed by atoms with Crippen LogP contribution in [0.1, 0.15) is 16.7 Å². The molecule has 0 unspecified atom stereocenters. The maximum Gasteiger partial charge on any atom is 0.231 e. The van der Waals surface area contributed by atoms with E-state index in [-0.39, 0.29) is 5.91 Å². The molecule has 106 valence electrons. The van der Waals surface area contributed by atoms with Gasteiger partial charge in [-0.05, 0) is 35.9 Å². The molecule has 5 heteroatoms. The summed E-state index contributed by atoms with van der Waals surface area (Å²) in [6, 6.07) is 14.7. The summed E-state index contributed by atoms with van der Waals surface area (Å²) in [4.78, 5) is 13.3. The predicted octanol–water partition coefficient (Wildman–Crippen LogP) is 2.69. The van der Waals surface area contributed by atoms with Crippen molar-refractivity contribution in [2.24, 2.45) is 0 Å². The monoisotopic (exact) mass is 288 g/mol. The van der Waals surface area contributed by atoms with Gasteiger partial charge in [0.05, 0.1) is 23.2 Å². The minimum atomic E-state index is 0.0577. The van der Waals surface area contributed by atoms with E-state index in [2.05, 4.69) is 17.5 Å². The molecule has 2 aromatic rings. The molecular formula is C17H12N4O. The average Bonchev–Trinajstić information content (AvgIpc) is 2.81. The van der Waals surface area contributed by atoms with Gasteiger partial charge in [-0.15, -0.1) is 0 Å². The van der Waals surface area contributed by atoms with E-state index >= 15 is 0 Å². The van der Waals surface area contributed by atoms with Crippen LogP contribution in [-0.4, -0.2) is 13.0 Å². The van der Waals surface area contributed by atoms with E-state index in [0.29, 0.717) is 23.2 Å². The Morgan fingerprint density at radius 3 is 2.45 bits per heavy atom. The highest BCUT2D eigenvalue weighted by molar-refractivity contribution is 6.01. The van der Waals surface area contributed by atoms with E-state index in [9.17, 15) is 15.3 Å². The van der Waals surface area contributed by atoms with Gasteiger partial charge < -0.3 is 10.2 Å². The van der Waals surface area contributed by atoms with E-state index in [1.54, 1.807) is 30.1 Å². The first kappa shape index (κ1) is 13.7. The molecule has 0 fully saturated rings. The molecule has 5 nitrogen and oxygen atoms in total. The highest BCUT2D eigenvalue weighted by atomic mass is 16.2. The third-order valence-electron chi connectivity index (χ3n) is 3.73. The molecule has 0 saturated carbocycles. The Balaban J connectivity index is 2.00. The van der Waals surface area contributed by atoms with Gasteiger partial charge in [0, 0.05) is 18.4 Å². The molecule has 3 rings (SSSR count). The quantitative estimate of drug-likeness (QED) is 0.921. The van der Waals surface area contributed by atoms with Gasteiger partial charge >= 0.3 is 0 Å². The van der Waals surface area contributed by atoms with Crippen molar-refractivity contribution >= 4 is 23.0 Å². The van der Waals surface area contributed by atoms with E-state index < -0.39 is 0 Å². The number of nitrogens with one attached hydrogen (secondary N) is 1. The number of nitrogens with zero attached hydrogens (tertiary/aromatic N) is 3. The summed E-state index contributed by atoms with van der Waals surface area (Å²) >= 11 is 0. The lowest BCUT2D eigenvalue weighted by molar-refractivity contribution is -0.117. The van der Waals surface area contributed by atoms with Crippen molar-refractivity contribution in [2.45, 2.75) is 6.42 Å². The summed E-state index contributed by atoms with van der Waals surface area (Å²) < 4.78 is 0. The molecule has 0 aromatic heterocycles. The van der Waals surface area contributed by atoms with Crippen LogP contribution in [0.2, 0.25) is 0 Å². The Bertz CT molecular complexity index is 826. The van der Waals surface area contributed by atoms with E-state index in [4.69, 9.17) is 0 Å². The number of likely N-dealkylation sites (N-methyl/N-ethyl adjacent to an activating group) is 1. The molecule has 22 heavy (non-hydrogen) atoms. The Morgan fingerprint density at radius 2 is 1.82 bits per heavy atom. The molecule has 0 spiro atoms.